The Kier molecular flexibility index (Phi) is 1.61. The molecule has 0 saturated carbocycles. The van der Waals surface area contributed by atoms with Crippen LogP contribution in [0.25, 0.3) is 0 Å². The van der Waals surface area contributed by atoms with E-state index < -0.39 is 37.3 Å². The van der Waals surface area contributed by atoms with Crippen molar-refractivity contribution in [2.24, 2.45) is 11.5 Å². The first-order valence-electron chi connectivity index (χ1n) is 6.21. The van der Waals surface area contributed by atoms with Gasteiger partial charge in [0.25, 0.3) is 0 Å². The Morgan fingerprint density at radius 2 is 2.33 bits per heavy atom. The highest BCUT2D eigenvalue weighted by Crippen LogP contribution is 1.92. The van der Waals surface area contributed by atoms with Crippen LogP contribution in [-0.4, -0.2) is 29.6 Å². The second-order valence-electron chi connectivity index (χ2n) is 1.58. The Labute approximate surface area is 79.7 Å². The van der Waals surface area contributed by atoms with Crippen molar-refractivity contribution < 1.29 is 24.3 Å². The van der Waals surface area contributed by atoms with Gasteiger partial charge < -0.3 is 21.9 Å². The van der Waals surface area contributed by atoms with E-state index in [0.29, 0.717) is 0 Å². The summed E-state index contributed by atoms with van der Waals surface area (Å²) in [6.07, 6.45) is -7.33. The van der Waals surface area contributed by atoms with E-state index in [9.17, 15) is 9.59 Å². The number of nitrogens with one attached hydrogen (secondary N) is 1. The van der Waals surface area contributed by atoms with Crippen molar-refractivity contribution in [2.45, 2.75) is 18.8 Å². The van der Waals surface area contributed by atoms with Gasteiger partial charge in [-0.2, -0.15) is 0 Å². The first-order valence-corrected chi connectivity index (χ1v) is 2.71. The van der Waals surface area contributed by atoms with Gasteiger partial charge in [0.1, 0.15) is 6.02 Å². The molecule has 0 bridgehead atoms. The van der Waals surface area contributed by atoms with Gasteiger partial charge in [-0.15, -0.1) is 0 Å². The lowest BCUT2D eigenvalue weighted by Crippen LogP contribution is -2.33. The lowest BCUT2D eigenvalue weighted by Gasteiger charge is -2.05. The Morgan fingerprint density at radius 3 is 2.75 bits per heavy atom. The lowest BCUT2D eigenvalue weighted by atomic mass is 10.4. The molecule has 0 spiro atoms. The van der Waals surface area contributed by atoms with Gasteiger partial charge >= 0.3 is 12.0 Å². The van der Waals surface area contributed by atoms with E-state index in [4.69, 9.17) is 20.4 Å². The predicted molar refractivity (Wildman–Crippen MR) is 42.4 cm³/mol. The zero-order valence-electron chi connectivity index (χ0n) is 12.9. The van der Waals surface area contributed by atoms with Crippen molar-refractivity contribution >= 4 is 12.0 Å². The summed E-state index contributed by atoms with van der Waals surface area (Å²) in [6, 6.07) is -4.98. The molecule has 1 unspecified atom stereocenters. The second-order valence-corrected chi connectivity index (χ2v) is 1.58. The van der Waals surface area contributed by atoms with Crippen LogP contribution < -0.4 is 16.8 Å². The van der Waals surface area contributed by atoms with Crippen LogP contribution in [0, 0.1) is 0 Å². The Hall–Kier alpha value is -1.30. The molecule has 0 aliphatic carbocycles. The van der Waals surface area contributed by atoms with E-state index in [0.717, 1.165) is 0 Å². The number of carbonyl (C=O) groups excluding carboxylic acids is 1. The Balaban J connectivity index is 5.75. The molecule has 0 saturated heterocycles. The van der Waals surface area contributed by atoms with Crippen molar-refractivity contribution in [3.63, 3.8) is 0 Å². The molecular weight excluding hydrogens is 163 g/mol. The Morgan fingerprint density at radius 1 is 1.75 bits per heavy atom. The highest BCUT2D eigenvalue weighted by atomic mass is 16.4. The molecule has 70 valence electrons. The molecule has 6 nitrogen and oxygen atoms in total. The van der Waals surface area contributed by atoms with E-state index >= 15 is 0 Å². The van der Waals surface area contributed by atoms with Gasteiger partial charge in [0.05, 0.1) is 1.37 Å². The smallest absolute Gasteiger partial charge is 0.320 e. The van der Waals surface area contributed by atoms with E-state index in [2.05, 4.69) is 5.73 Å². The highest BCUT2D eigenvalue weighted by Gasteiger charge is 2.09. The van der Waals surface area contributed by atoms with Crippen LogP contribution in [0.4, 0.5) is 4.79 Å². The van der Waals surface area contributed by atoms with Gasteiger partial charge in [-0.1, -0.05) is 0 Å². The number of hydrogen-bond acceptors (Lipinski definition) is 3. The summed E-state index contributed by atoms with van der Waals surface area (Å²) in [5.74, 6) is -2.20. The van der Waals surface area contributed by atoms with Crippen LogP contribution in [-0.2, 0) is 4.79 Å². The zero-order valence-corrected chi connectivity index (χ0v) is 5.92. The fourth-order valence-electron chi connectivity index (χ4n) is 0.245. The number of carbonyl (C=O) groups is 2. The van der Waals surface area contributed by atoms with Gasteiger partial charge in [-0.3, -0.25) is 4.79 Å². The molecule has 0 heterocycles. The number of amides is 2. The maximum atomic E-state index is 10.7. The molecule has 0 radical (unpaired) electrons. The molecule has 0 aromatic heterocycles. The number of nitrogens with two attached hydrogens (primary N) is 2. The highest BCUT2D eigenvalue weighted by molar-refractivity contribution is 5.73. The first-order chi connectivity index (χ1) is 8.11. The zero-order chi connectivity index (χ0) is 15.9. The van der Waals surface area contributed by atoms with Crippen LogP contribution in [0.5, 0.6) is 0 Å². The van der Waals surface area contributed by atoms with Crippen LogP contribution in [0.15, 0.2) is 0 Å². The van der Waals surface area contributed by atoms with Crippen LogP contribution in [0.2, 0.25) is 0 Å². The average Bonchev–Trinajstić information content (AvgIpc) is 2.14. The maximum Gasteiger partial charge on any atom is 0.320 e. The van der Waals surface area contributed by atoms with Gasteiger partial charge in [-0.05, 0) is 12.7 Å². The van der Waals surface area contributed by atoms with Gasteiger partial charge in [0.15, 0.2) is 0 Å². The van der Waals surface area contributed by atoms with Gasteiger partial charge in [0.2, 0.25) is 0 Å². The average molecular weight is 183 g/mol. The van der Waals surface area contributed by atoms with Crippen LogP contribution in [0.1, 0.15) is 22.3 Å². The number of rotatable bonds is 5. The number of aliphatic carboxylic acids is 1. The molecule has 6 N–H and O–H groups in total. The molecule has 12 heavy (non-hydrogen) atoms. The normalized spacial score (nSPS) is 26.9. The number of primary amides is 1. The van der Waals surface area contributed by atoms with Crippen molar-refractivity contribution in [3.8, 4) is 0 Å². The van der Waals surface area contributed by atoms with Crippen molar-refractivity contribution in [1.82, 2.24) is 5.32 Å². The number of hydrogen-bond donors (Lipinski definition) is 4. The molecule has 6 heteroatoms. The van der Waals surface area contributed by atoms with Crippen molar-refractivity contribution in [2.75, 3.05) is 6.50 Å². The molecular formula is C6H13N3O3. The number of urea groups is 1. The predicted octanol–water partition coefficient (Wildman–Crippen LogP) is -1.15. The minimum absolute atomic E-state index is 1.30. The van der Waals surface area contributed by atoms with Crippen LogP contribution >= 0.6 is 0 Å². The molecule has 0 aromatic carbocycles. The van der Waals surface area contributed by atoms with E-state index in [1.165, 1.54) is 5.32 Å². The third-order valence-corrected chi connectivity index (χ3v) is 0.676. The van der Waals surface area contributed by atoms with E-state index in [1.54, 1.807) is 0 Å². The summed E-state index contributed by atoms with van der Waals surface area (Å²) in [5, 5.41) is 9.94. The third kappa shape index (κ3) is 5.48. The molecule has 0 fully saturated rings. The van der Waals surface area contributed by atoms with Gasteiger partial charge in [-0.25, -0.2) is 4.79 Å². The second kappa shape index (κ2) is 5.36. The summed E-state index contributed by atoms with van der Waals surface area (Å²) in [4.78, 5) is 21.3. The van der Waals surface area contributed by atoms with Gasteiger partial charge in [0, 0.05) is 14.7 Å². The summed E-state index contributed by atoms with van der Waals surface area (Å²) in [7, 11) is 0. The number of carboxylic acids is 1. The molecule has 1 atom stereocenters. The molecule has 0 aromatic rings. The SMILES string of the molecule is [2H]C([2H])(NC(N)=O)C([2H])([2H])[13C]([2H])([2H])C([2H])(N)C(=O)O. The summed E-state index contributed by atoms with van der Waals surface area (Å²) >= 11 is 0. The molecule has 0 rings (SSSR count). The summed E-state index contributed by atoms with van der Waals surface area (Å²) < 4.78 is 51.0. The Bertz CT molecular complexity index is 398. The lowest BCUT2D eigenvalue weighted by molar-refractivity contribution is -0.138. The molecule has 0 aliphatic heterocycles. The third-order valence-electron chi connectivity index (χ3n) is 0.676. The fourth-order valence-corrected chi connectivity index (χ4v) is 0.245. The fraction of sp³-hybridized carbons (Fsp3) is 0.667. The first kappa shape index (κ1) is 3.61. The minimum Gasteiger partial charge on any atom is -0.480 e. The van der Waals surface area contributed by atoms with Crippen molar-refractivity contribution in [1.29, 1.82) is 0 Å². The van der Waals surface area contributed by atoms with E-state index in [1.807, 2.05) is 0 Å². The quantitative estimate of drug-likeness (QED) is 0.402. The largest absolute Gasteiger partial charge is 0.480 e. The number of carboxylic acid groups (broad SMARTS) is 1. The monoisotopic (exact) mass is 183 g/mol. The molecule has 2 amide bonds. The topological polar surface area (TPSA) is 118 Å². The maximum absolute atomic E-state index is 10.7. The summed E-state index contributed by atoms with van der Waals surface area (Å²) in [6.45, 7) is -3.39. The van der Waals surface area contributed by atoms with Crippen molar-refractivity contribution in [3.05, 3.63) is 0 Å². The van der Waals surface area contributed by atoms with E-state index in [-0.39, 0.29) is 0 Å². The standard InChI is InChI=1S/C6H13N3O3/c7-4(5(10)11)2-1-3-9-6(8)12/h4H,1-3,7H2,(H,10,11)(H3,8,9,12)/i1D2,2+1D2,3D2,4D. The summed E-state index contributed by atoms with van der Waals surface area (Å²) in [5.41, 5.74) is 9.51. The molecule has 0 aliphatic rings. The minimum atomic E-state index is -3.68. The van der Waals surface area contributed by atoms with Crippen LogP contribution in [0.3, 0.4) is 0 Å².